The van der Waals surface area contributed by atoms with Gasteiger partial charge in [-0.25, -0.2) is 4.98 Å². The molecule has 28 heavy (non-hydrogen) atoms. The van der Waals surface area contributed by atoms with E-state index in [4.69, 9.17) is 9.72 Å². The number of ether oxygens (including phenoxy) is 1. The molecular weight excluding hydrogens is 374 g/mol. The lowest BCUT2D eigenvalue weighted by atomic mass is 10.2. The molecule has 2 N–H and O–H groups in total. The topological polar surface area (TPSA) is 112 Å². The summed E-state index contributed by atoms with van der Waals surface area (Å²) in [6.07, 6.45) is 1.55. The van der Waals surface area contributed by atoms with Crippen LogP contribution in [0.4, 0.5) is 5.69 Å². The Labute approximate surface area is 164 Å². The van der Waals surface area contributed by atoms with E-state index in [2.05, 4.69) is 25.9 Å². The van der Waals surface area contributed by atoms with Crippen LogP contribution < -0.4 is 10.1 Å². The van der Waals surface area contributed by atoms with Crippen molar-refractivity contribution in [2.24, 2.45) is 0 Å². The molecule has 2 heterocycles. The van der Waals surface area contributed by atoms with Crippen molar-refractivity contribution in [3.63, 3.8) is 0 Å². The van der Waals surface area contributed by atoms with Crippen molar-refractivity contribution in [3.05, 3.63) is 54.5 Å². The van der Waals surface area contributed by atoms with E-state index >= 15 is 0 Å². The van der Waals surface area contributed by atoms with Gasteiger partial charge in [0, 0.05) is 17.5 Å². The molecule has 0 spiro atoms. The highest BCUT2D eigenvalue weighted by Crippen LogP contribution is 2.32. The number of aromatic nitrogens is 5. The zero-order valence-electron chi connectivity index (χ0n) is 14.9. The fraction of sp³-hybridized carbons (Fsp3) is 0.105. The second kappa shape index (κ2) is 7.85. The van der Waals surface area contributed by atoms with Crippen molar-refractivity contribution in [3.8, 4) is 22.4 Å². The molecule has 4 rings (SSSR count). The third-order valence-electron chi connectivity index (χ3n) is 3.89. The monoisotopic (exact) mass is 389 g/mol. The van der Waals surface area contributed by atoms with Gasteiger partial charge in [-0.2, -0.15) is 10.5 Å². The van der Waals surface area contributed by atoms with Crippen LogP contribution in [-0.4, -0.2) is 32.2 Å². The van der Waals surface area contributed by atoms with Crippen LogP contribution in [0.15, 0.2) is 48.7 Å². The minimum Gasteiger partial charge on any atom is -0.494 e. The maximum Gasteiger partial charge on any atom is 0.216 e. The first-order chi connectivity index (χ1) is 13.8. The lowest BCUT2D eigenvalue weighted by Gasteiger charge is -2.02. The molecule has 2 aromatic carbocycles. The SMILES string of the molecule is CCOc1ccc2nc(-c3ccc(NC=C(C#N)c4nn[nH]n4)cc3)sc2c1. The first-order valence-electron chi connectivity index (χ1n) is 8.51. The summed E-state index contributed by atoms with van der Waals surface area (Å²) in [6, 6.07) is 15.8. The number of aromatic amines is 1. The summed E-state index contributed by atoms with van der Waals surface area (Å²) in [6.45, 7) is 2.61. The predicted octanol–water partition coefficient (Wildman–Crippen LogP) is 3.85. The highest BCUT2D eigenvalue weighted by molar-refractivity contribution is 7.21. The molecule has 9 heteroatoms. The van der Waals surface area contributed by atoms with Crippen molar-refractivity contribution in [2.45, 2.75) is 6.92 Å². The van der Waals surface area contributed by atoms with Crippen LogP contribution in [0.1, 0.15) is 12.7 Å². The van der Waals surface area contributed by atoms with Crippen LogP contribution in [0.2, 0.25) is 0 Å². The Morgan fingerprint density at radius 3 is 2.86 bits per heavy atom. The molecule has 0 unspecified atom stereocenters. The molecule has 138 valence electrons. The highest BCUT2D eigenvalue weighted by Gasteiger charge is 2.08. The number of H-pyrrole nitrogens is 1. The number of benzene rings is 2. The van der Waals surface area contributed by atoms with E-state index in [1.807, 2.05) is 55.5 Å². The molecule has 2 aromatic heterocycles. The standard InChI is InChI=1S/C19H15N7OS/c1-2-27-15-7-8-16-17(9-15)28-19(22-16)12-3-5-14(6-4-12)21-11-13(10-20)18-23-25-26-24-18/h3-9,11,21H,2H2,1H3,(H,23,24,25,26). The normalized spacial score (nSPS) is 11.4. The van der Waals surface area contributed by atoms with Gasteiger partial charge in [0.05, 0.1) is 16.8 Å². The van der Waals surface area contributed by atoms with Crippen LogP contribution in [-0.2, 0) is 0 Å². The van der Waals surface area contributed by atoms with E-state index in [1.54, 1.807) is 17.5 Å². The first-order valence-corrected chi connectivity index (χ1v) is 9.33. The lowest BCUT2D eigenvalue weighted by molar-refractivity contribution is 0.341. The largest absolute Gasteiger partial charge is 0.494 e. The van der Waals surface area contributed by atoms with E-state index < -0.39 is 0 Å². The zero-order valence-corrected chi connectivity index (χ0v) is 15.7. The van der Waals surface area contributed by atoms with Gasteiger partial charge in [0.2, 0.25) is 5.82 Å². The molecule has 0 aliphatic carbocycles. The number of nitriles is 1. The number of nitrogens with one attached hydrogen (secondary N) is 2. The molecule has 0 amide bonds. The van der Waals surface area contributed by atoms with Gasteiger partial charge < -0.3 is 10.1 Å². The predicted molar refractivity (Wildman–Crippen MR) is 108 cm³/mol. The van der Waals surface area contributed by atoms with E-state index in [-0.39, 0.29) is 11.4 Å². The molecule has 4 aromatic rings. The quantitative estimate of drug-likeness (QED) is 0.482. The number of allylic oxidation sites excluding steroid dienone is 1. The Kier molecular flexibility index (Phi) is 4.95. The third kappa shape index (κ3) is 3.67. The second-order valence-corrected chi connectivity index (χ2v) is 6.74. The van der Waals surface area contributed by atoms with Gasteiger partial charge in [0.1, 0.15) is 22.4 Å². The number of hydrogen-bond donors (Lipinski definition) is 2. The lowest BCUT2D eigenvalue weighted by Crippen LogP contribution is -1.93. The fourth-order valence-corrected chi connectivity index (χ4v) is 3.57. The summed E-state index contributed by atoms with van der Waals surface area (Å²) in [5.41, 5.74) is 3.09. The van der Waals surface area contributed by atoms with Gasteiger partial charge in [-0.3, -0.25) is 0 Å². The van der Waals surface area contributed by atoms with Crippen molar-refractivity contribution in [1.82, 2.24) is 25.6 Å². The van der Waals surface area contributed by atoms with Crippen molar-refractivity contribution < 1.29 is 4.74 Å². The number of rotatable bonds is 6. The molecule has 0 atom stereocenters. The number of fused-ring (bicyclic) bond motifs is 1. The van der Waals surface area contributed by atoms with Crippen LogP contribution in [0.25, 0.3) is 26.4 Å². The second-order valence-electron chi connectivity index (χ2n) is 5.71. The fourth-order valence-electron chi connectivity index (χ4n) is 2.57. The average Bonchev–Trinajstić information content (AvgIpc) is 3.39. The molecule has 0 saturated carbocycles. The van der Waals surface area contributed by atoms with Crippen LogP contribution in [0, 0.1) is 11.3 Å². The number of tetrazole rings is 1. The van der Waals surface area contributed by atoms with Crippen molar-refractivity contribution in [1.29, 1.82) is 5.26 Å². The molecular formula is C19H15N7OS. The molecule has 0 aliphatic heterocycles. The van der Waals surface area contributed by atoms with E-state index in [9.17, 15) is 5.26 Å². The van der Waals surface area contributed by atoms with E-state index in [0.717, 1.165) is 32.2 Å². The van der Waals surface area contributed by atoms with Crippen molar-refractivity contribution >= 4 is 32.8 Å². The molecule has 0 fully saturated rings. The smallest absolute Gasteiger partial charge is 0.216 e. The molecule has 0 bridgehead atoms. The van der Waals surface area contributed by atoms with Crippen LogP contribution >= 0.6 is 11.3 Å². The number of nitrogens with zero attached hydrogens (tertiary/aromatic N) is 5. The summed E-state index contributed by atoms with van der Waals surface area (Å²) in [7, 11) is 0. The van der Waals surface area contributed by atoms with Gasteiger partial charge in [0.15, 0.2) is 0 Å². The van der Waals surface area contributed by atoms with Crippen LogP contribution in [0.5, 0.6) is 5.75 Å². The molecule has 0 radical (unpaired) electrons. The van der Waals surface area contributed by atoms with Gasteiger partial charge in [-0.05, 0) is 54.6 Å². The van der Waals surface area contributed by atoms with Gasteiger partial charge in [-0.1, -0.05) is 0 Å². The summed E-state index contributed by atoms with van der Waals surface area (Å²) in [5, 5.41) is 26.6. The van der Waals surface area contributed by atoms with Gasteiger partial charge >= 0.3 is 0 Å². The Morgan fingerprint density at radius 1 is 1.29 bits per heavy atom. The summed E-state index contributed by atoms with van der Waals surface area (Å²) < 4.78 is 6.64. The first kappa shape index (κ1) is 17.6. The number of thiazole rings is 1. The minimum atomic E-state index is 0.243. The highest BCUT2D eigenvalue weighted by atomic mass is 32.1. The summed E-state index contributed by atoms with van der Waals surface area (Å²) in [4.78, 5) is 4.70. The van der Waals surface area contributed by atoms with Gasteiger partial charge in [0.25, 0.3) is 0 Å². The molecule has 8 nitrogen and oxygen atoms in total. The number of hydrogen-bond acceptors (Lipinski definition) is 8. The Morgan fingerprint density at radius 2 is 2.14 bits per heavy atom. The summed E-state index contributed by atoms with van der Waals surface area (Å²) >= 11 is 1.62. The zero-order chi connectivity index (χ0) is 19.3. The van der Waals surface area contributed by atoms with E-state index in [1.165, 1.54) is 0 Å². The minimum absolute atomic E-state index is 0.243. The van der Waals surface area contributed by atoms with Crippen molar-refractivity contribution in [2.75, 3.05) is 11.9 Å². The Bertz CT molecular complexity index is 1160. The maximum absolute atomic E-state index is 9.20. The maximum atomic E-state index is 9.20. The third-order valence-corrected chi connectivity index (χ3v) is 4.96. The average molecular weight is 389 g/mol. The van der Waals surface area contributed by atoms with E-state index in [0.29, 0.717) is 6.61 Å². The van der Waals surface area contributed by atoms with Crippen LogP contribution in [0.3, 0.4) is 0 Å². The Balaban J connectivity index is 1.53. The molecule has 0 aliphatic rings. The van der Waals surface area contributed by atoms with Gasteiger partial charge in [-0.15, -0.1) is 21.5 Å². The Hall–Kier alpha value is -3.77. The summed E-state index contributed by atoms with van der Waals surface area (Å²) in [5.74, 6) is 1.10. The molecule has 0 saturated heterocycles. The number of anilines is 1.